The third-order valence-electron chi connectivity index (χ3n) is 3.77. The highest BCUT2D eigenvalue weighted by Gasteiger charge is 2.24. The number of hydrogen-bond acceptors (Lipinski definition) is 5. The number of amides is 1. The molecule has 0 radical (unpaired) electrons. The number of methoxy groups -OCH3 is 1. The molecular weight excluding hydrogens is 274 g/mol. The molecule has 0 aliphatic heterocycles. The van der Waals surface area contributed by atoms with E-state index in [1.807, 2.05) is 0 Å². The van der Waals surface area contributed by atoms with E-state index in [0.717, 1.165) is 25.7 Å². The van der Waals surface area contributed by atoms with E-state index < -0.39 is 4.92 Å². The highest BCUT2D eigenvalue weighted by Crippen LogP contribution is 2.27. The lowest BCUT2D eigenvalue weighted by Crippen LogP contribution is -2.49. The first-order valence-corrected chi connectivity index (χ1v) is 6.92. The molecule has 2 rings (SSSR count). The van der Waals surface area contributed by atoms with Crippen LogP contribution in [0.1, 0.15) is 36.0 Å². The SMILES string of the molecule is COc1cc(C(=O)NC2CCCCC2N)ccc1[N+](=O)[O-]. The van der Waals surface area contributed by atoms with Gasteiger partial charge in [-0.05, 0) is 18.9 Å². The zero-order valence-corrected chi connectivity index (χ0v) is 11.9. The average Bonchev–Trinajstić information content (AvgIpc) is 2.48. The Hall–Kier alpha value is -2.15. The molecule has 2 unspecified atom stereocenters. The third kappa shape index (κ3) is 3.49. The molecule has 3 N–H and O–H groups in total. The van der Waals surface area contributed by atoms with Crippen LogP contribution in [0.4, 0.5) is 5.69 Å². The van der Waals surface area contributed by atoms with Crippen LogP contribution in [0, 0.1) is 10.1 Å². The molecule has 1 saturated carbocycles. The number of ether oxygens (including phenoxy) is 1. The quantitative estimate of drug-likeness (QED) is 0.647. The van der Waals surface area contributed by atoms with Gasteiger partial charge in [-0.25, -0.2) is 0 Å². The van der Waals surface area contributed by atoms with E-state index >= 15 is 0 Å². The van der Waals surface area contributed by atoms with Crippen molar-refractivity contribution in [2.45, 2.75) is 37.8 Å². The highest BCUT2D eigenvalue weighted by molar-refractivity contribution is 5.95. The topological polar surface area (TPSA) is 107 Å². The Morgan fingerprint density at radius 2 is 2.14 bits per heavy atom. The van der Waals surface area contributed by atoms with Crippen molar-refractivity contribution in [1.82, 2.24) is 5.32 Å². The van der Waals surface area contributed by atoms with E-state index in [1.54, 1.807) is 0 Å². The number of nitro benzene ring substituents is 1. The number of carbonyl (C=O) groups is 1. The summed E-state index contributed by atoms with van der Waals surface area (Å²) in [6, 6.07) is 3.98. The van der Waals surface area contributed by atoms with E-state index in [0.29, 0.717) is 5.56 Å². The minimum Gasteiger partial charge on any atom is -0.490 e. The van der Waals surface area contributed by atoms with Gasteiger partial charge in [-0.15, -0.1) is 0 Å². The monoisotopic (exact) mass is 293 g/mol. The summed E-state index contributed by atoms with van der Waals surface area (Å²) in [4.78, 5) is 22.5. The van der Waals surface area contributed by atoms with Gasteiger partial charge >= 0.3 is 5.69 Å². The van der Waals surface area contributed by atoms with Crippen molar-refractivity contribution in [3.63, 3.8) is 0 Å². The van der Waals surface area contributed by atoms with Crippen molar-refractivity contribution < 1.29 is 14.5 Å². The predicted molar refractivity (Wildman–Crippen MR) is 77.3 cm³/mol. The maximum absolute atomic E-state index is 12.2. The van der Waals surface area contributed by atoms with Crippen molar-refractivity contribution >= 4 is 11.6 Å². The van der Waals surface area contributed by atoms with Crippen LogP contribution < -0.4 is 15.8 Å². The average molecular weight is 293 g/mol. The Morgan fingerprint density at radius 3 is 2.76 bits per heavy atom. The van der Waals surface area contributed by atoms with Crippen molar-refractivity contribution in [1.29, 1.82) is 0 Å². The van der Waals surface area contributed by atoms with Gasteiger partial charge in [0.2, 0.25) is 0 Å². The largest absolute Gasteiger partial charge is 0.490 e. The first kappa shape index (κ1) is 15.2. The summed E-state index contributed by atoms with van der Waals surface area (Å²) < 4.78 is 4.96. The number of rotatable bonds is 4. The van der Waals surface area contributed by atoms with E-state index in [9.17, 15) is 14.9 Å². The molecule has 1 aliphatic carbocycles. The van der Waals surface area contributed by atoms with Crippen molar-refractivity contribution in [2.24, 2.45) is 5.73 Å². The maximum Gasteiger partial charge on any atom is 0.310 e. The fourth-order valence-corrected chi connectivity index (χ4v) is 2.56. The molecule has 1 aromatic carbocycles. The summed E-state index contributed by atoms with van der Waals surface area (Å²) >= 11 is 0. The Balaban J connectivity index is 2.13. The van der Waals surface area contributed by atoms with Gasteiger partial charge in [0, 0.05) is 29.8 Å². The molecule has 114 valence electrons. The number of benzene rings is 1. The predicted octanol–water partition coefficient (Wildman–Crippen LogP) is 1.60. The van der Waals surface area contributed by atoms with Crippen LogP contribution in [0.2, 0.25) is 0 Å². The van der Waals surface area contributed by atoms with Crippen LogP contribution >= 0.6 is 0 Å². The molecule has 7 nitrogen and oxygen atoms in total. The third-order valence-corrected chi connectivity index (χ3v) is 3.77. The molecule has 2 atom stereocenters. The summed E-state index contributed by atoms with van der Waals surface area (Å²) in [7, 11) is 1.33. The van der Waals surface area contributed by atoms with Gasteiger partial charge in [0.1, 0.15) is 0 Å². The van der Waals surface area contributed by atoms with Crippen LogP contribution in [0.3, 0.4) is 0 Å². The first-order valence-electron chi connectivity index (χ1n) is 6.92. The van der Waals surface area contributed by atoms with Gasteiger partial charge in [0.25, 0.3) is 5.91 Å². The van der Waals surface area contributed by atoms with Crippen LogP contribution in [-0.4, -0.2) is 30.0 Å². The summed E-state index contributed by atoms with van der Waals surface area (Å²) in [5, 5.41) is 13.7. The molecule has 0 heterocycles. The molecule has 21 heavy (non-hydrogen) atoms. The standard InChI is InChI=1S/C14H19N3O4/c1-21-13-8-9(6-7-12(13)17(19)20)14(18)16-11-5-3-2-4-10(11)15/h6-8,10-11H,2-5,15H2,1H3,(H,16,18). The first-order chi connectivity index (χ1) is 10.0. The molecule has 0 aromatic heterocycles. The molecule has 0 spiro atoms. The van der Waals surface area contributed by atoms with Gasteiger partial charge in [0.15, 0.2) is 5.75 Å². The van der Waals surface area contributed by atoms with Crippen LogP contribution in [0.5, 0.6) is 5.75 Å². The summed E-state index contributed by atoms with van der Waals surface area (Å²) in [6.07, 6.45) is 3.88. The number of hydrogen-bond donors (Lipinski definition) is 2. The Labute approximate surface area is 122 Å². The maximum atomic E-state index is 12.2. The molecular formula is C14H19N3O4. The number of nitrogens with two attached hydrogens (primary N) is 1. The van der Waals surface area contributed by atoms with Gasteiger partial charge in [-0.2, -0.15) is 0 Å². The number of nitrogens with zero attached hydrogens (tertiary/aromatic N) is 1. The molecule has 1 fully saturated rings. The number of carbonyl (C=O) groups excluding carboxylic acids is 1. The molecule has 0 saturated heterocycles. The lowest BCUT2D eigenvalue weighted by molar-refractivity contribution is -0.385. The van der Waals surface area contributed by atoms with Crippen molar-refractivity contribution in [2.75, 3.05) is 7.11 Å². The zero-order chi connectivity index (χ0) is 15.4. The highest BCUT2D eigenvalue weighted by atomic mass is 16.6. The van der Waals surface area contributed by atoms with Crippen LogP contribution in [-0.2, 0) is 0 Å². The minimum atomic E-state index is -0.544. The Morgan fingerprint density at radius 1 is 1.43 bits per heavy atom. The van der Waals surface area contributed by atoms with Crippen LogP contribution in [0.15, 0.2) is 18.2 Å². The lowest BCUT2D eigenvalue weighted by atomic mass is 9.91. The molecule has 0 bridgehead atoms. The zero-order valence-electron chi connectivity index (χ0n) is 11.9. The van der Waals surface area contributed by atoms with Crippen molar-refractivity contribution in [3.8, 4) is 5.75 Å². The fourth-order valence-electron chi connectivity index (χ4n) is 2.56. The van der Waals surface area contributed by atoms with E-state index in [4.69, 9.17) is 10.5 Å². The second-order valence-electron chi connectivity index (χ2n) is 5.17. The van der Waals surface area contributed by atoms with Crippen molar-refractivity contribution in [3.05, 3.63) is 33.9 Å². The Kier molecular flexibility index (Phi) is 4.74. The van der Waals surface area contributed by atoms with Gasteiger partial charge in [-0.3, -0.25) is 14.9 Å². The summed E-state index contributed by atoms with van der Waals surface area (Å²) in [5.74, 6) is -0.217. The van der Waals surface area contributed by atoms with Gasteiger partial charge < -0.3 is 15.8 Å². The molecule has 1 aromatic rings. The van der Waals surface area contributed by atoms with Crippen LogP contribution in [0.25, 0.3) is 0 Å². The van der Waals surface area contributed by atoms with Gasteiger partial charge in [0.05, 0.1) is 12.0 Å². The van der Waals surface area contributed by atoms with E-state index in [1.165, 1.54) is 25.3 Å². The summed E-state index contributed by atoms with van der Waals surface area (Å²) in [6.45, 7) is 0. The smallest absolute Gasteiger partial charge is 0.310 e. The summed E-state index contributed by atoms with van der Waals surface area (Å²) in [5.41, 5.74) is 6.16. The van der Waals surface area contributed by atoms with E-state index in [-0.39, 0.29) is 29.4 Å². The second kappa shape index (κ2) is 6.53. The van der Waals surface area contributed by atoms with Gasteiger partial charge in [-0.1, -0.05) is 12.8 Å². The lowest BCUT2D eigenvalue weighted by Gasteiger charge is -2.29. The van der Waals surface area contributed by atoms with E-state index in [2.05, 4.69) is 5.32 Å². The second-order valence-corrected chi connectivity index (χ2v) is 5.17. The minimum absolute atomic E-state index is 0.0392. The number of nitrogens with one attached hydrogen (secondary N) is 1. The molecule has 1 aliphatic rings. The fraction of sp³-hybridized carbons (Fsp3) is 0.500. The molecule has 7 heteroatoms. The Bertz CT molecular complexity index is 547. The normalized spacial score (nSPS) is 21.6. The number of nitro groups is 1. The molecule has 1 amide bonds.